The molecule has 3 heterocycles. The van der Waals surface area contributed by atoms with Gasteiger partial charge in [-0.1, -0.05) is 25.5 Å². The van der Waals surface area contributed by atoms with Crippen LogP contribution in [0.5, 0.6) is 0 Å². The monoisotopic (exact) mass is 327 g/mol. The van der Waals surface area contributed by atoms with Crippen molar-refractivity contribution in [2.45, 2.75) is 45.4 Å². The number of aromatic nitrogens is 3. The Labute approximate surface area is 148 Å². The Morgan fingerprint density at radius 2 is 1.48 bits per heavy atom. The summed E-state index contributed by atoms with van der Waals surface area (Å²) >= 11 is 0. The smallest absolute Gasteiger partial charge is 0.0931 e. The van der Waals surface area contributed by atoms with Crippen molar-refractivity contribution in [1.29, 1.82) is 0 Å². The summed E-state index contributed by atoms with van der Waals surface area (Å²) in [5.74, 6) is 0. The Balaban J connectivity index is 1.84. The topological polar surface area (TPSA) is 38.7 Å². The zero-order chi connectivity index (χ0) is 16.8. The lowest BCUT2D eigenvalue weighted by molar-refractivity contribution is 0.809. The van der Waals surface area contributed by atoms with Crippen molar-refractivity contribution >= 4 is 0 Å². The zero-order valence-corrected chi connectivity index (χ0v) is 14.5. The molecule has 0 spiro atoms. The summed E-state index contributed by atoms with van der Waals surface area (Å²) in [6, 6.07) is 8.51. The van der Waals surface area contributed by atoms with Crippen LogP contribution in [-0.4, -0.2) is 15.0 Å². The molecule has 3 heteroatoms. The van der Waals surface area contributed by atoms with E-state index in [9.17, 15) is 0 Å². The highest BCUT2D eigenvalue weighted by Gasteiger charge is 2.29. The summed E-state index contributed by atoms with van der Waals surface area (Å²) in [6.07, 6.45) is 10.2. The lowest BCUT2D eigenvalue weighted by atomic mass is 9.80. The van der Waals surface area contributed by atoms with Gasteiger partial charge < -0.3 is 0 Å². The van der Waals surface area contributed by atoms with Gasteiger partial charge in [0.2, 0.25) is 0 Å². The standard InChI is InChI=1S/C22H21N3/c1-2-5-18-16-10-8-14-6-3-12-23-20(14)19(16)17-11-9-15-7-4-13-24-21(15)22(17)25-18/h3-4,6-7,12-13H,2,5,8-11H2,1H3. The fourth-order valence-corrected chi connectivity index (χ4v) is 4.39. The Morgan fingerprint density at radius 1 is 0.800 bits per heavy atom. The number of hydrogen-bond acceptors (Lipinski definition) is 3. The molecular formula is C22H21N3. The fourth-order valence-electron chi connectivity index (χ4n) is 4.39. The first-order valence-corrected chi connectivity index (χ1v) is 9.30. The zero-order valence-electron chi connectivity index (χ0n) is 14.5. The van der Waals surface area contributed by atoms with Crippen LogP contribution in [0.3, 0.4) is 0 Å². The number of aryl methyl sites for hydroxylation is 3. The van der Waals surface area contributed by atoms with Crippen molar-refractivity contribution < 1.29 is 0 Å². The molecule has 0 aromatic carbocycles. The van der Waals surface area contributed by atoms with Crippen LogP contribution >= 0.6 is 0 Å². The summed E-state index contributed by atoms with van der Waals surface area (Å²) in [7, 11) is 0. The normalized spacial score (nSPS) is 14.3. The van der Waals surface area contributed by atoms with Crippen molar-refractivity contribution in [2.75, 3.05) is 0 Å². The van der Waals surface area contributed by atoms with Gasteiger partial charge in [-0.25, -0.2) is 0 Å². The third kappa shape index (κ3) is 2.22. The van der Waals surface area contributed by atoms with E-state index >= 15 is 0 Å². The van der Waals surface area contributed by atoms with Gasteiger partial charge in [0, 0.05) is 23.7 Å². The number of hydrogen-bond donors (Lipinski definition) is 0. The Kier molecular flexibility index (Phi) is 3.40. The molecule has 5 rings (SSSR count). The molecule has 0 saturated carbocycles. The van der Waals surface area contributed by atoms with Gasteiger partial charge in [0.05, 0.1) is 17.1 Å². The second-order valence-electron chi connectivity index (χ2n) is 7.01. The van der Waals surface area contributed by atoms with E-state index in [-0.39, 0.29) is 0 Å². The summed E-state index contributed by atoms with van der Waals surface area (Å²) in [4.78, 5) is 14.6. The maximum atomic E-state index is 5.14. The van der Waals surface area contributed by atoms with E-state index in [0.717, 1.165) is 49.9 Å². The van der Waals surface area contributed by atoms with Gasteiger partial charge in [0.15, 0.2) is 0 Å². The van der Waals surface area contributed by atoms with Crippen LogP contribution in [-0.2, 0) is 32.1 Å². The molecule has 3 aromatic rings. The van der Waals surface area contributed by atoms with Crippen molar-refractivity contribution in [2.24, 2.45) is 0 Å². The van der Waals surface area contributed by atoms with Crippen LogP contribution in [0.15, 0.2) is 36.7 Å². The quantitative estimate of drug-likeness (QED) is 0.702. The minimum Gasteiger partial charge on any atom is -0.256 e. The van der Waals surface area contributed by atoms with Gasteiger partial charge in [-0.3, -0.25) is 15.0 Å². The molecule has 0 radical (unpaired) electrons. The first-order chi connectivity index (χ1) is 12.4. The van der Waals surface area contributed by atoms with Crippen molar-refractivity contribution in [3.8, 4) is 22.6 Å². The average molecular weight is 327 g/mol. The van der Waals surface area contributed by atoms with Crippen LogP contribution in [0.4, 0.5) is 0 Å². The van der Waals surface area contributed by atoms with Gasteiger partial charge in [-0.05, 0) is 66.5 Å². The van der Waals surface area contributed by atoms with Crippen LogP contribution in [0, 0.1) is 0 Å². The number of nitrogens with zero attached hydrogens (tertiary/aromatic N) is 3. The first-order valence-electron chi connectivity index (χ1n) is 9.30. The molecule has 2 aliphatic carbocycles. The van der Waals surface area contributed by atoms with Crippen LogP contribution in [0.1, 0.15) is 41.3 Å². The SMILES string of the molecule is CCCc1nc2c(c3c1CCc1cccnc1-3)CCc1cccnc1-2. The van der Waals surface area contributed by atoms with E-state index in [2.05, 4.69) is 30.1 Å². The number of fused-ring (bicyclic) bond motifs is 7. The number of pyridine rings is 3. The van der Waals surface area contributed by atoms with Crippen LogP contribution in [0.2, 0.25) is 0 Å². The molecule has 25 heavy (non-hydrogen) atoms. The van der Waals surface area contributed by atoms with E-state index in [0.29, 0.717) is 0 Å². The van der Waals surface area contributed by atoms with E-state index in [4.69, 9.17) is 9.97 Å². The van der Waals surface area contributed by atoms with E-state index in [1.807, 2.05) is 18.5 Å². The summed E-state index contributed by atoms with van der Waals surface area (Å²) in [5, 5.41) is 0. The molecule has 0 N–H and O–H groups in total. The van der Waals surface area contributed by atoms with Crippen LogP contribution < -0.4 is 0 Å². The molecule has 0 unspecified atom stereocenters. The summed E-state index contributed by atoms with van der Waals surface area (Å²) in [6.45, 7) is 2.23. The molecular weight excluding hydrogens is 306 g/mol. The molecule has 0 amide bonds. The minimum atomic E-state index is 1.03. The number of rotatable bonds is 2. The van der Waals surface area contributed by atoms with Crippen molar-refractivity contribution in [3.63, 3.8) is 0 Å². The largest absolute Gasteiger partial charge is 0.256 e. The first kappa shape index (κ1) is 14.8. The fraction of sp³-hybridized carbons (Fsp3) is 0.318. The Hall–Kier alpha value is -2.55. The highest BCUT2D eigenvalue weighted by Crippen LogP contribution is 2.42. The van der Waals surface area contributed by atoms with Crippen molar-refractivity contribution in [1.82, 2.24) is 15.0 Å². The van der Waals surface area contributed by atoms with Gasteiger partial charge in [-0.15, -0.1) is 0 Å². The molecule has 0 fully saturated rings. The van der Waals surface area contributed by atoms with Crippen molar-refractivity contribution in [3.05, 3.63) is 64.6 Å². The molecule has 3 aromatic heterocycles. The summed E-state index contributed by atoms with van der Waals surface area (Å²) in [5.41, 5.74) is 11.5. The average Bonchev–Trinajstić information content (AvgIpc) is 2.67. The molecule has 2 aliphatic rings. The van der Waals surface area contributed by atoms with Gasteiger partial charge in [-0.2, -0.15) is 0 Å². The highest BCUT2D eigenvalue weighted by atomic mass is 14.8. The molecule has 124 valence electrons. The molecule has 0 aliphatic heterocycles. The lowest BCUT2D eigenvalue weighted by Crippen LogP contribution is -2.17. The Morgan fingerprint density at radius 3 is 2.24 bits per heavy atom. The van der Waals surface area contributed by atoms with Gasteiger partial charge in [0.1, 0.15) is 0 Å². The van der Waals surface area contributed by atoms with E-state index in [1.165, 1.54) is 39.2 Å². The maximum absolute atomic E-state index is 5.14. The summed E-state index contributed by atoms with van der Waals surface area (Å²) < 4.78 is 0. The van der Waals surface area contributed by atoms with E-state index < -0.39 is 0 Å². The van der Waals surface area contributed by atoms with E-state index in [1.54, 1.807) is 0 Å². The van der Waals surface area contributed by atoms with Gasteiger partial charge in [0.25, 0.3) is 0 Å². The molecule has 0 atom stereocenters. The molecule has 0 bridgehead atoms. The predicted molar refractivity (Wildman–Crippen MR) is 99.5 cm³/mol. The van der Waals surface area contributed by atoms with Crippen LogP contribution in [0.25, 0.3) is 22.6 Å². The minimum absolute atomic E-state index is 1.03. The second kappa shape index (κ2) is 5.76. The third-order valence-electron chi connectivity index (χ3n) is 5.50. The maximum Gasteiger partial charge on any atom is 0.0931 e. The predicted octanol–water partition coefficient (Wildman–Crippen LogP) is 4.36. The van der Waals surface area contributed by atoms with Gasteiger partial charge >= 0.3 is 0 Å². The molecule has 0 saturated heterocycles. The third-order valence-corrected chi connectivity index (χ3v) is 5.50. The lowest BCUT2D eigenvalue weighted by Gasteiger charge is -2.28. The Bertz CT molecular complexity index is 975. The second-order valence-corrected chi connectivity index (χ2v) is 7.01. The molecule has 3 nitrogen and oxygen atoms in total. The highest BCUT2D eigenvalue weighted by molar-refractivity contribution is 5.81.